The molecule has 0 heterocycles. The Morgan fingerprint density at radius 3 is 2.17 bits per heavy atom. The van der Waals surface area contributed by atoms with Crippen molar-refractivity contribution in [3.8, 4) is 5.75 Å². The van der Waals surface area contributed by atoms with E-state index in [2.05, 4.69) is 37.7 Å². The molecule has 0 spiro atoms. The molecule has 0 bridgehead atoms. The van der Waals surface area contributed by atoms with Crippen LogP contribution in [-0.4, -0.2) is 25.7 Å². The van der Waals surface area contributed by atoms with E-state index in [9.17, 15) is 18.3 Å². The Balaban J connectivity index is 1.86. The van der Waals surface area contributed by atoms with Gasteiger partial charge in [0.05, 0.1) is 11.9 Å². The van der Waals surface area contributed by atoms with Crippen LogP contribution in [0.15, 0.2) is 36.4 Å². The summed E-state index contributed by atoms with van der Waals surface area (Å²) in [5.41, 5.74) is 3.53. The molecule has 0 aliphatic heterocycles. The van der Waals surface area contributed by atoms with Crippen LogP contribution in [0.25, 0.3) is 0 Å². The molecular formula is C22H28N2O4S. The quantitative estimate of drug-likeness (QED) is 0.645. The van der Waals surface area contributed by atoms with Crippen molar-refractivity contribution in [1.82, 2.24) is 0 Å². The van der Waals surface area contributed by atoms with E-state index in [0.29, 0.717) is 11.3 Å². The number of hydrogen-bond donors (Lipinski definition) is 3. The standard InChI is InChI=1S/C22H28N2O4S/c1-21(2)10-11-22(3,4)17-12-14(6-8-16(17)21)20(26)23-15-7-9-18(19(25)13-15)24-29(5,27)28/h6-9,12-13,24-25H,10-11H2,1-5H3,(H,23,26). The zero-order chi connectivity index (χ0) is 21.6. The number of sulfonamides is 1. The van der Waals surface area contributed by atoms with E-state index in [-0.39, 0.29) is 28.2 Å². The van der Waals surface area contributed by atoms with Crippen LogP contribution < -0.4 is 10.0 Å². The van der Waals surface area contributed by atoms with Crippen LogP contribution in [0.5, 0.6) is 5.75 Å². The number of phenols is 1. The van der Waals surface area contributed by atoms with Crippen molar-refractivity contribution in [2.24, 2.45) is 0 Å². The van der Waals surface area contributed by atoms with E-state index in [1.54, 1.807) is 0 Å². The lowest BCUT2D eigenvalue weighted by atomic mass is 9.63. The molecule has 0 saturated carbocycles. The minimum absolute atomic E-state index is 0.00161. The molecule has 0 aromatic heterocycles. The van der Waals surface area contributed by atoms with Gasteiger partial charge in [-0.2, -0.15) is 0 Å². The monoisotopic (exact) mass is 416 g/mol. The fourth-order valence-electron chi connectivity index (χ4n) is 3.83. The van der Waals surface area contributed by atoms with Gasteiger partial charge < -0.3 is 10.4 Å². The van der Waals surface area contributed by atoms with Gasteiger partial charge in [-0.3, -0.25) is 9.52 Å². The van der Waals surface area contributed by atoms with Crippen molar-refractivity contribution < 1.29 is 18.3 Å². The first-order valence-electron chi connectivity index (χ1n) is 9.56. The van der Waals surface area contributed by atoms with Gasteiger partial charge in [0.2, 0.25) is 10.0 Å². The largest absolute Gasteiger partial charge is 0.506 e. The molecule has 0 unspecified atom stereocenters. The summed E-state index contributed by atoms with van der Waals surface area (Å²) in [6.45, 7) is 8.87. The molecule has 0 radical (unpaired) electrons. The molecule has 156 valence electrons. The maximum atomic E-state index is 12.8. The predicted molar refractivity (Wildman–Crippen MR) is 116 cm³/mol. The molecule has 6 nitrogen and oxygen atoms in total. The molecule has 2 aromatic carbocycles. The molecule has 1 aliphatic rings. The highest BCUT2D eigenvalue weighted by molar-refractivity contribution is 7.92. The van der Waals surface area contributed by atoms with Crippen LogP contribution in [0.1, 0.15) is 62.0 Å². The molecule has 2 aromatic rings. The molecule has 0 fully saturated rings. The lowest BCUT2D eigenvalue weighted by molar-refractivity contribution is 0.102. The van der Waals surface area contributed by atoms with Crippen LogP contribution in [0.3, 0.4) is 0 Å². The number of amides is 1. The lowest BCUT2D eigenvalue weighted by Gasteiger charge is -2.42. The Morgan fingerprint density at radius 1 is 0.966 bits per heavy atom. The van der Waals surface area contributed by atoms with Crippen molar-refractivity contribution in [3.05, 3.63) is 53.1 Å². The minimum atomic E-state index is -3.51. The third-order valence-electron chi connectivity index (χ3n) is 5.67. The second-order valence-corrected chi connectivity index (χ2v) is 10.8. The number of carbonyl (C=O) groups excluding carboxylic acids is 1. The summed E-state index contributed by atoms with van der Waals surface area (Å²) in [5.74, 6) is -0.545. The molecule has 3 N–H and O–H groups in total. The van der Waals surface area contributed by atoms with Gasteiger partial charge in [-0.25, -0.2) is 8.42 Å². The van der Waals surface area contributed by atoms with Gasteiger partial charge in [0.1, 0.15) is 5.75 Å². The zero-order valence-corrected chi connectivity index (χ0v) is 18.3. The van der Waals surface area contributed by atoms with Gasteiger partial charge in [-0.15, -0.1) is 0 Å². The molecule has 1 amide bonds. The summed E-state index contributed by atoms with van der Waals surface area (Å²) < 4.78 is 24.9. The lowest BCUT2D eigenvalue weighted by Crippen LogP contribution is -2.34. The van der Waals surface area contributed by atoms with Crippen LogP contribution in [0.2, 0.25) is 0 Å². The number of aromatic hydroxyl groups is 1. The van der Waals surface area contributed by atoms with Crippen LogP contribution in [0, 0.1) is 0 Å². The minimum Gasteiger partial charge on any atom is -0.506 e. The molecular weight excluding hydrogens is 388 g/mol. The van der Waals surface area contributed by atoms with Crippen molar-refractivity contribution in [2.75, 3.05) is 16.3 Å². The van der Waals surface area contributed by atoms with Gasteiger partial charge in [0.15, 0.2) is 0 Å². The Kier molecular flexibility index (Phi) is 5.15. The first-order chi connectivity index (χ1) is 13.3. The fourth-order valence-corrected chi connectivity index (χ4v) is 4.40. The van der Waals surface area contributed by atoms with E-state index in [0.717, 1.165) is 19.1 Å². The number of phenolic OH excluding ortho intramolecular Hbond substituents is 1. The summed E-state index contributed by atoms with van der Waals surface area (Å²) in [5, 5.41) is 12.8. The van der Waals surface area contributed by atoms with E-state index in [1.807, 2.05) is 18.2 Å². The highest BCUT2D eigenvalue weighted by Crippen LogP contribution is 2.45. The van der Waals surface area contributed by atoms with Crippen molar-refractivity contribution in [2.45, 2.75) is 51.4 Å². The third kappa shape index (κ3) is 4.56. The fraction of sp³-hybridized carbons (Fsp3) is 0.409. The third-order valence-corrected chi connectivity index (χ3v) is 6.26. The van der Waals surface area contributed by atoms with Crippen LogP contribution in [0.4, 0.5) is 11.4 Å². The molecule has 0 saturated heterocycles. The summed E-state index contributed by atoms with van der Waals surface area (Å²) in [6, 6.07) is 10.1. The highest BCUT2D eigenvalue weighted by Gasteiger charge is 2.37. The van der Waals surface area contributed by atoms with Gasteiger partial charge >= 0.3 is 0 Å². The van der Waals surface area contributed by atoms with E-state index >= 15 is 0 Å². The van der Waals surface area contributed by atoms with E-state index in [4.69, 9.17) is 0 Å². The number of nitrogens with one attached hydrogen (secondary N) is 2. The topological polar surface area (TPSA) is 95.5 Å². The number of benzene rings is 2. The molecule has 29 heavy (non-hydrogen) atoms. The SMILES string of the molecule is CC1(C)CCC(C)(C)c2cc(C(=O)Nc3ccc(NS(C)(=O)=O)c(O)c3)ccc21. The zero-order valence-electron chi connectivity index (χ0n) is 17.5. The van der Waals surface area contributed by atoms with E-state index in [1.165, 1.54) is 29.3 Å². The summed E-state index contributed by atoms with van der Waals surface area (Å²) in [6.07, 6.45) is 3.16. The maximum Gasteiger partial charge on any atom is 0.255 e. The number of hydrogen-bond acceptors (Lipinski definition) is 4. The van der Waals surface area contributed by atoms with Gasteiger partial charge in [0, 0.05) is 17.3 Å². The maximum absolute atomic E-state index is 12.8. The van der Waals surface area contributed by atoms with Gasteiger partial charge in [0.25, 0.3) is 5.91 Å². The van der Waals surface area contributed by atoms with Gasteiger partial charge in [-0.05, 0) is 59.1 Å². The predicted octanol–water partition coefficient (Wildman–Crippen LogP) is 4.37. The molecule has 7 heteroatoms. The Bertz CT molecular complexity index is 1070. The average molecular weight is 417 g/mol. The molecule has 0 atom stereocenters. The van der Waals surface area contributed by atoms with Crippen molar-refractivity contribution in [1.29, 1.82) is 0 Å². The second kappa shape index (κ2) is 7.06. The average Bonchev–Trinajstić information content (AvgIpc) is 2.60. The molecule has 1 aliphatic carbocycles. The Labute approximate surface area is 172 Å². The van der Waals surface area contributed by atoms with Crippen molar-refractivity contribution in [3.63, 3.8) is 0 Å². The number of fused-ring (bicyclic) bond motifs is 1. The Morgan fingerprint density at radius 2 is 1.59 bits per heavy atom. The second-order valence-electron chi connectivity index (χ2n) is 9.09. The highest BCUT2D eigenvalue weighted by atomic mass is 32.2. The smallest absolute Gasteiger partial charge is 0.255 e. The number of rotatable bonds is 4. The summed E-state index contributed by atoms with van der Waals surface area (Å²) in [4.78, 5) is 12.8. The number of anilines is 2. The van der Waals surface area contributed by atoms with Crippen molar-refractivity contribution >= 4 is 27.3 Å². The van der Waals surface area contributed by atoms with E-state index < -0.39 is 10.0 Å². The molecule has 3 rings (SSSR count). The number of carbonyl (C=O) groups is 1. The van der Waals surface area contributed by atoms with Crippen LogP contribution in [-0.2, 0) is 20.9 Å². The first-order valence-corrected chi connectivity index (χ1v) is 11.4. The normalized spacial score (nSPS) is 17.3. The summed E-state index contributed by atoms with van der Waals surface area (Å²) in [7, 11) is -3.51. The Hall–Kier alpha value is -2.54. The first kappa shape index (κ1) is 21.2. The summed E-state index contributed by atoms with van der Waals surface area (Å²) >= 11 is 0. The van der Waals surface area contributed by atoms with Crippen LogP contribution >= 0.6 is 0 Å². The van der Waals surface area contributed by atoms with Gasteiger partial charge in [-0.1, -0.05) is 33.8 Å².